The molecule has 11 heteroatoms. The Kier molecular flexibility index (Phi) is 10.4. The number of hydrogen-bond acceptors (Lipinski definition) is 9. The molecule has 0 aromatic carbocycles. The van der Waals surface area contributed by atoms with E-state index in [-0.39, 0.29) is 23.3 Å². The molecule has 0 aromatic rings. The van der Waals surface area contributed by atoms with Gasteiger partial charge in [-0.1, -0.05) is 5.16 Å². The number of oxime groups is 1. The van der Waals surface area contributed by atoms with Crippen LogP contribution in [0.3, 0.4) is 0 Å². The average molecular weight is 580 g/mol. The molecular weight excluding hydrogens is 526 g/mol. The van der Waals surface area contributed by atoms with Gasteiger partial charge in [0.05, 0.1) is 5.71 Å². The van der Waals surface area contributed by atoms with E-state index in [0.717, 1.165) is 70.7 Å². The fraction of sp³-hybridized carbons (Fsp3) is 0.867. The molecule has 234 valence electrons. The minimum Gasteiger partial charge on any atom is -0.444 e. The summed E-state index contributed by atoms with van der Waals surface area (Å²) in [5.74, 6) is 0.354. The van der Waals surface area contributed by atoms with E-state index >= 15 is 0 Å². The summed E-state index contributed by atoms with van der Waals surface area (Å²) < 4.78 is 10.9. The third kappa shape index (κ3) is 9.30. The van der Waals surface area contributed by atoms with E-state index in [2.05, 4.69) is 28.8 Å². The van der Waals surface area contributed by atoms with Gasteiger partial charge in [-0.05, 0) is 68.2 Å². The molecule has 4 aliphatic rings. The molecule has 0 aliphatic carbocycles. The monoisotopic (exact) mass is 579 g/mol. The fourth-order valence-electron chi connectivity index (χ4n) is 6.07. The largest absolute Gasteiger partial charge is 0.444 e. The molecule has 4 heterocycles. The van der Waals surface area contributed by atoms with Gasteiger partial charge < -0.3 is 24.5 Å². The van der Waals surface area contributed by atoms with E-state index in [1.54, 1.807) is 9.80 Å². The smallest absolute Gasteiger partial charge is 0.410 e. The molecule has 1 N–H and O–H groups in total. The predicted octanol–water partition coefficient (Wildman–Crippen LogP) is 4.36. The molecule has 2 amide bonds. The second-order valence-corrected chi connectivity index (χ2v) is 14.5. The van der Waals surface area contributed by atoms with E-state index in [9.17, 15) is 14.4 Å². The first-order chi connectivity index (χ1) is 18.9. The maximum Gasteiger partial charge on any atom is 0.410 e. The van der Waals surface area contributed by atoms with Crippen molar-refractivity contribution in [3.8, 4) is 0 Å². The number of amides is 2. The quantitative estimate of drug-likeness (QED) is 0.379. The molecule has 4 saturated heterocycles. The average Bonchev–Trinajstić information content (AvgIpc) is 3.48. The lowest BCUT2D eigenvalue weighted by Crippen LogP contribution is -2.52. The normalized spacial score (nSPS) is 28.3. The van der Waals surface area contributed by atoms with Crippen molar-refractivity contribution in [2.24, 2.45) is 5.16 Å². The zero-order valence-electron chi connectivity index (χ0n) is 26.6. The molecule has 4 aliphatic heterocycles. The molecule has 11 nitrogen and oxygen atoms in total. The Bertz CT molecular complexity index is 969. The number of nitrogens with zero attached hydrogens (tertiary/aromatic N) is 5. The second-order valence-electron chi connectivity index (χ2n) is 14.5. The molecule has 0 spiro atoms. The first kappa shape index (κ1) is 33.1. The summed E-state index contributed by atoms with van der Waals surface area (Å²) in [5, 5.41) is 12.2. The van der Waals surface area contributed by atoms with E-state index in [1.165, 1.54) is 0 Å². The van der Waals surface area contributed by atoms with Crippen LogP contribution in [-0.2, 0) is 14.3 Å². The van der Waals surface area contributed by atoms with Crippen molar-refractivity contribution in [3.63, 3.8) is 0 Å². The van der Waals surface area contributed by atoms with Crippen LogP contribution in [0.15, 0.2) is 5.16 Å². The summed E-state index contributed by atoms with van der Waals surface area (Å²) >= 11 is 0. The van der Waals surface area contributed by atoms with Crippen molar-refractivity contribution in [2.45, 2.75) is 116 Å². The number of carbonyl (C=O) groups excluding carboxylic acids is 3. The Morgan fingerprint density at radius 2 is 1.07 bits per heavy atom. The highest BCUT2D eigenvalue weighted by molar-refractivity contribution is 5.84. The molecule has 2 atom stereocenters. The van der Waals surface area contributed by atoms with Crippen molar-refractivity contribution in [1.82, 2.24) is 19.6 Å². The highest BCUT2D eigenvalue weighted by atomic mass is 16.6. The minimum atomic E-state index is -0.451. The number of Topliss-reactive ketones (excluding diaryl/α,β-unsaturated/α-hetero) is 1. The van der Waals surface area contributed by atoms with Crippen LogP contribution in [0, 0.1) is 0 Å². The minimum absolute atomic E-state index is 0.00209. The van der Waals surface area contributed by atoms with Crippen LogP contribution in [0.1, 0.15) is 93.9 Å². The van der Waals surface area contributed by atoms with E-state index < -0.39 is 11.2 Å². The zero-order valence-corrected chi connectivity index (χ0v) is 26.6. The van der Waals surface area contributed by atoms with Crippen molar-refractivity contribution in [3.05, 3.63) is 0 Å². The molecular formula is C30H53N5O6. The van der Waals surface area contributed by atoms with Crippen LogP contribution in [0.2, 0.25) is 0 Å². The molecule has 0 radical (unpaired) electrons. The van der Waals surface area contributed by atoms with Gasteiger partial charge in [-0.15, -0.1) is 0 Å². The molecule has 4 fully saturated rings. The van der Waals surface area contributed by atoms with Gasteiger partial charge in [-0.25, -0.2) is 9.59 Å². The van der Waals surface area contributed by atoms with E-state index in [0.29, 0.717) is 31.7 Å². The Balaban J connectivity index is 0.000000226. The topological polar surface area (TPSA) is 115 Å². The van der Waals surface area contributed by atoms with Crippen LogP contribution in [0.4, 0.5) is 9.59 Å². The summed E-state index contributed by atoms with van der Waals surface area (Å²) in [6.07, 6.45) is 4.34. The number of likely N-dealkylation sites (tertiary alicyclic amines) is 4. The zero-order chi connectivity index (χ0) is 30.6. The van der Waals surface area contributed by atoms with Crippen molar-refractivity contribution in [2.75, 3.05) is 52.4 Å². The third-order valence-corrected chi connectivity index (χ3v) is 8.54. The van der Waals surface area contributed by atoms with Gasteiger partial charge in [0, 0.05) is 89.1 Å². The summed E-state index contributed by atoms with van der Waals surface area (Å²) in [4.78, 5) is 44.0. The number of hydrogen-bond donors (Lipinski definition) is 1. The van der Waals surface area contributed by atoms with Crippen LogP contribution < -0.4 is 0 Å². The van der Waals surface area contributed by atoms with Crippen molar-refractivity contribution >= 4 is 23.7 Å². The Morgan fingerprint density at radius 3 is 1.41 bits per heavy atom. The highest BCUT2D eigenvalue weighted by Gasteiger charge is 2.44. The molecule has 2 unspecified atom stereocenters. The molecule has 0 saturated carbocycles. The van der Waals surface area contributed by atoms with Crippen molar-refractivity contribution < 1.29 is 29.1 Å². The van der Waals surface area contributed by atoms with Gasteiger partial charge in [0.15, 0.2) is 0 Å². The Labute approximate surface area is 246 Å². The summed E-state index contributed by atoms with van der Waals surface area (Å²) in [5.41, 5.74) is -0.0478. The van der Waals surface area contributed by atoms with E-state index in [4.69, 9.17) is 14.7 Å². The van der Waals surface area contributed by atoms with E-state index in [1.807, 2.05) is 41.5 Å². The van der Waals surface area contributed by atoms with Gasteiger partial charge in [-0.2, -0.15) is 0 Å². The lowest BCUT2D eigenvalue weighted by Gasteiger charge is -2.40. The Hall–Kier alpha value is -2.40. The SMILES string of the molecule is CC(C)(C)OC(=O)N1CCC(C)(N2CCC(=NO)CC2)C1.CC(C)(C)OC(=O)N1CCC(C)(N2CCC(=O)CC2)C1. The van der Waals surface area contributed by atoms with Gasteiger partial charge >= 0.3 is 12.2 Å². The lowest BCUT2D eigenvalue weighted by atomic mass is 9.95. The van der Waals surface area contributed by atoms with Gasteiger partial charge in [-0.3, -0.25) is 14.6 Å². The summed E-state index contributed by atoms with van der Waals surface area (Å²) in [6, 6.07) is 0. The van der Waals surface area contributed by atoms with Crippen molar-refractivity contribution in [1.29, 1.82) is 0 Å². The Morgan fingerprint density at radius 1 is 0.707 bits per heavy atom. The van der Waals surface area contributed by atoms with Gasteiger partial charge in [0.1, 0.15) is 17.0 Å². The number of piperidine rings is 2. The third-order valence-electron chi connectivity index (χ3n) is 8.54. The molecule has 41 heavy (non-hydrogen) atoms. The lowest BCUT2D eigenvalue weighted by molar-refractivity contribution is -0.122. The van der Waals surface area contributed by atoms with Gasteiger partial charge in [0.2, 0.25) is 0 Å². The number of ether oxygens (including phenoxy) is 2. The second kappa shape index (κ2) is 12.9. The fourth-order valence-corrected chi connectivity index (χ4v) is 6.07. The standard InChI is InChI=1S/C15H27N3O3.C15H26N2O3/c1-14(2,3)21-13(19)17-10-7-15(4,11-17)18-8-5-12(16-20)6-9-18;1-14(2,3)20-13(19)16-10-7-15(4,11-16)17-8-5-12(18)6-9-17/h20H,5-11H2,1-4H3;5-11H2,1-4H3. The van der Waals surface area contributed by atoms with Crippen LogP contribution in [0.5, 0.6) is 0 Å². The number of ketones is 1. The summed E-state index contributed by atoms with van der Waals surface area (Å²) in [6.45, 7) is 22.0. The first-order valence-corrected chi connectivity index (χ1v) is 15.1. The highest BCUT2D eigenvalue weighted by Crippen LogP contribution is 2.32. The number of rotatable bonds is 2. The maximum atomic E-state index is 12.2. The molecule has 0 bridgehead atoms. The van der Waals surface area contributed by atoms with Crippen LogP contribution >= 0.6 is 0 Å². The maximum absolute atomic E-state index is 12.2. The first-order valence-electron chi connectivity index (χ1n) is 15.1. The van der Waals surface area contributed by atoms with Crippen LogP contribution in [-0.4, -0.2) is 123 Å². The van der Waals surface area contributed by atoms with Crippen LogP contribution in [0.25, 0.3) is 0 Å². The predicted molar refractivity (Wildman–Crippen MR) is 158 cm³/mol. The summed E-state index contributed by atoms with van der Waals surface area (Å²) in [7, 11) is 0. The van der Waals surface area contributed by atoms with Gasteiger partial charge in [0.25, 0.3) is 0 Å². The molecule has 0 aromatic heterocycles. The number of carbonyl (C=O) groups is 3. The molecule has 4 rings (SSSR count).